The summed E-state index contributed by atoms with van der Waals surface area (Å²) < 4.78 is 21.8. The number of aromatic nitrogens is 3. The monoisotopic (exact) mass is 476 g/mol. The summed E-state index contributed by atoms with van der Waals surface area (Å²) in [6.45, 7) is 0.895. The van der Waals surface area contributed by atoms with Gasteiger partial charge < -0.3 is 9.64 Å². The molecule has 0 aliphatic rings. The van der Waals surface area contributed by atoms with E-state index in [0.29, 0.717) is 29.6 Å². The van der Waals surface area contributed by atoms with E-state index in [1.807, 2.05) is 59.2 Å². The van der Waals surface area contributed by atoms with Gasteiger partial charge in [0.1, 0.15) is 11.6 Å². The largest absolute Gasteiger partial charge is 0.496 e. The summed E-state index contributed by atoms with van der Waals surface area (Å²) in [4.78, 5) is 14.5. The van der Waals surface area contributed by atoms with Gasteiger partial charge in [0.05, 0.1) is 25.0 Å². The predicted molar refractivity (Wildman–Crippen MR) is 131 cm³/mol. The third kappa shape index (κ3) is 5.46. The molecule has 1 heterocycles. The number of benzene rings is 3. The highest BCUT2D eigenvalue weighted by atomic mass is 32.2. The van der Waals surface area contributed by atoms with Crippen LogP contribution in [0.2, 0.25) is 0 Å². The molecular formula is C26H25FN4O2S. The molecule has 0 aliphatic heterocycles. The first kappa shape index (κ1) is 23.5. The quantitative estimate of drug-likeness (QED) is 0.322. The highest BCUT2D eigenvalue weighted by Crippen LogP contribution is 2.27. The number of halogens is 1. The normalized spacial score (nSPS) is 10.8. The van der Waals surface area contributed by atoms with Gasteiger partial charge in [-0.3, -0.25) is 9.36 Å². The van der Waals surface area contributed by atoms with Crippen molar-refractivity contribution in [3.8, 4) is 17.1 Å². The van der Waals surface area contributed by atoms with Crippen molar-refractivity contribution in [1.29, 1.82) is 0 Å². The fraction of sp³-hybridized carbons (Fsp3) is 0.192. The minimum Gasteiger partial charge on any atom is -0.496 e. The molecule has 0 spiro atoms. The summed E-state index contributed by atoms with van der Waals surface area (Å²) in [6.07, 6.45) is 0. The maximum Gasteiger partial charge on any atom is 0.233 e. The standard InChI is InChI=1S/C26H25FN4O2S/c1-30(17-20-12-6-9-15-23(20)33-2)24(32)18-34-26-29-28-25(21-13-7-8-14-22(21)27)31(26)16-19-10-4-3-5-11-19/h3-15H,16-18H2,1-2H3. The van der Waals surface area contributed by atoms with E-state index in [-0.39, 0.29) is 17.5 Å². The van der Waals surface area contributed by atoms with Crippen molar-refractivity contribution < 1.29 is 13.9 Å². The smallest absolute Gasteiger partial charge is 0.233 e. The molecule has 1 amide bonds. The Bertz CT molecular complexity index is 1260. The Balaban J connectivity index is 1.53. The molecule has 0 atom stereocenters. The summed E-state index contributed by atoms with van der Waals surface area (Å²) in [6, 6.07) is 23.9. The van der Waals surface area contributed by atoms with Gasteiger partial charge >= 0.3 is 0 Å². The van der Waals surface area contributed by atoms with Crippen molar-refractivity contribution in [3.05, 3.63) is 95.8 Å². The van der Waals surface area contributed by atoms with Gasteiger partial charge in [-0.2, -0.15) is 0 Å². The zero-order chi connectivity index (χ0) is 23.9. The van der Waals surface area contributed by atoms with Gasteiger partial charge in [0.25, 0.3) is 0 Å². The number of carbonyl (C=O) groups excluding carboxylic acids is 1. The molecule has 8 heteroatoms. The van der Waals surface area contributed by atoms with Crippen LogP contribution >= 0.6 is 11.8 Å². The summed E-state index contributed by atoms with van der Waals surface area (Å²) in [7, 11) is 3.37. The molecule has 0 bridgehead atoms. The van der Waals surface area contributed by atoms with Crippen LogP contribution in [-0.2, 0) is 17.9 Å². The average molecular weight is 477 g/mol. The van der Waals surface area contributed by atoms with Crippen molar-refractivity contribution in [2.45, 2.75) is 18.2 Å². The molecule has 0 saturated carbocycles. The lowest BCUT2D eigenvalue weighted by Gasteiger charge is -2.18. The molecule has 0 saturated heterocycles. The SMILES string of the molecule is COc1ccccc1CN(C)C(=O)CSc1nnc(-c2ccccc2F)n1Cc1ccccc1. The number of para-hydroxylation sites is 1. The number of rotatable bonds is 9. The molecule has 4 rings (SSSR count). The lowest BCUT2D eigenvalue weighted by molar-refractivity contribution is -0.127. The number of ether oxygens (including phenoxy) is 1. The Morgan fingerprint density at radius 3 is 2.47 bits per heavy atom. The Labute approximate surface area is 202 Å². The van der Waals surface area contributed by atoms with Crippen molar-refractivity contribution >= 4 is 17.7 Å². The van der Waals surface area contributed by atoms with Crippen molar-refractivity contribution in [3.63, 3.8) is 0 Å². The van der Waals surface area contributed by atoms with Gasteiger partial charge in [0.2, 0.25) is 5.91 Å². The van der Waals surface area contributed by atoms with E-state index in [4.69, 9.17) is 4.74 Å². The van der Waals surface area contributed by atoms with Crippen LogP contribution in [0.3, 0.4) is 0 Å². The molecule has 0 unspecified atom stereocenters. The topological polar surface area (TPSA) is 60.2 Å². The van der Waals surface area contributed by atoms with Gasteiger partial charge in [-0.25, -0.2) is 4.39 Å². The first-order valence-corrected chi connectivity index (χ1v) is 11.8. The highest BCUT2D eigenvalue weighted by molar-refractivity contribution is 7.99. The zero-order valence-corrected chi connectivity index (χ0v) is 19.8. The fourth-order valence-electron chi connectivity index (χ4n) is 3.56. The third-order valence-electron chi connectivity index (χ3n) is 5.37. The van der Waals surface area contributed by atoms with E-state index >= 15 is 0 Å². The molecule has 0 fully saturated rings. The molecule has 0 N–H and O–H groups in total. The molecule has 34 heavy (non-hydrogen) atoms. The van der Waals surface area contributed by atoms with Gasteiger partial charge in [0.15, 0.2) is 11.0 Å². The summed E-state index contributed by atoms with van der Waals surface area (Å²) in [5, 5.41) is 9.11. The lowest BCUT2D eigenvalue weighted by atomic mass is 10.2. The zero-order valence-electron chi connectivity index (χ0n) is 19.0. The van der Waals surface area contributed by atoms with Crippen LogP contribution in [0.1, 0.15) is 11.1 Å². The maximum atomic E-state index is 14.5. The van der Waals surface area contributed by atoms with E-state index in [0.717, 1.165) is 16.9 Å². The molecule has 4 aromatic rings. The predicted octanol–water partition coefficient (Wildman–Crippen LogP) is 4.89. The highest BCUT2D eigenvalue weighted by Gasteiger charge is 2.19. The van der Waals surface area contributed by atoms with Gasteiger partial charge in [0, 0.05) is 19.2 Å². The fourth-order valence-corrected chi connectivity index (χ4v) is 4.44. The Morgan fingerprint density at radius 2 is 1.71 bits per heavy atom. The first-order chi connectivity index (χ1) is 16.6. The Morgan fingerprint density at radius 1 is 1.00 bits per heavy atom. The summed E-state index contributed by atoms with van der Waals surface area (Å²) in [5.41, 5.74) is 2.33. The van der Waals surface area contributed by atoms with Crippen LogP contribution in [0.25, 0.3) is 11.4 Å². The van der Waals surface area contributed by atoms with Crippen LogP contribution in [0, 0.1) is 5.82 Å². The second-order valence-corrected chi connectivity index (χ2v) is 8.65. The van der Waals surface area contributed by atoms with Gasteiger partial charge in [-0.15, -0.1) is 10.2 Å². The van der Waals surface area contributed by atoms with E-state index in [1.54, 1.807) is 37.3 Å². The number of methoxy groups -OCH3 is 1. The van der Waals surface area contributed by atoms with Crippen LogP contribution < -0.4 is 4.74 Å². The number of carbonyl (C=O) groups is 1. The van der Waals surface area contributed by atoms with Crippen LogP contribution in [0.4, 0.5) is 4.39 Å². The van der Waals surface area contributed by atoms with Crippen LogP contribution in [0.15, 0.2) is 84.0 Å². The van der Waals surface area contributed by atoms with E-state index in [9.17, 15) is 9.18 Å². The molecule has 0 aliphatic carbocycles. The maximum absolute atomic E-state index is 14.5. The Kier molecular flexibility index (Phi) is 7.59. The molecular weight excluding hydrogens is 451 g/mol. The van der Waals surface area contributed by atoms with Gasteiger partial charge in [-0.05, 0) is 23.8 Å². The minimum atomic E-state index is -0.367. The molecule has 1 aromatic heterocycles. The van der Waals surface area contributed by atoms with E-state index in [2.05, 4.69) is 10.2 Å². The number of hydrogen-bond acceptors (Lipinski definition) is 5. The number of thioether (sulfide) groups is 1. The average Bonchev–Trinajstić information content (AvgIpc) is 3.25. The van der Waals surface area contributed by atoms with Crippen LogP contribution in [0.5, 0.6) is 5.75 Å². The summed E-state index contributed by atoms with van der Waals surface area (Å²) >= 11 is 1.29. The Hall–Kier alpha value is -3.65. The number of nitrogens with zero attached hydrogens (tertiary/aromatic N) is 4. The molecule has 6 nitrogen and oxygen atoms in total. The minimum absolute atomic E-state index is 0.0578. The molecule has 3 aromatic carbocycles. The lowest BCUT2D eigenvalue weighted by Crippen LogP contribution is -2.28. The number of amides is 1. The third-order valence-corrected chi connectivity index (χ3v) is 6.32. The second kappa shape index (κ2) is 11.0. The van der Waals surface area contributed by atoms with Gasteiger partial charge in [-0.1, -0.05) is 72.4 Å². The van der Waals surface area contributed by atoms with E-state index < -0.39 is 0 Å². The van der Waals surface area contributed by atoms with Crippen molar-refractivity contribution in [2.75, 3.05) is 19.9 Å². The molecule has 174 valence electrons. The van der Waals surface area contributed by atoms with Crippen LogP contribution in [-0.4, -0.2) is 45.5 Å². The summed E-state index contributed by atoms with van der Waals surface area (Å²) in [5.74, 6) is 0.924. The second-order valence-electron chi connectivity index (χ2n) is 7.71. The van der Waals surface area contributed by atoms with Crippen molar-refractivity contribution in [1.82, 2.24) is 19.7 Å². The number of hydrogen-bond donors (Lipinski definition) is 0. The first-order valence-electron chi connectivity index (χ1n) is 10.8. The van der Waals surface area contributed by atoms with Crippen molar-refractivity contribution in [2.24, 2.45) is 0 Å². The van der Waals surface area contributed by atoms with E-state index in [1.165, 1.54) is 17.8 Å². The molecule has 0 radical (unpaired) electrons.